The van der Waals surface area contributed by atoms with E-state index in [-0.39, 0.29) is 5.91 Å². The SMILES string of the molecule is Cc1c(C)c(C)c(S(=O)(=O)CC(=O)N2CCCCCCC2)c(C)c1C. The third kappa shape index (κ3) is 4.25. The molecule has 0 unspecified atom stereocenters. The maximum absolute atomic E-state index is 13.0. The third-order valence-electron chi connectivity index (χ3n) is 5.76. The molecule has 1 aromatic rings. The number of carbonyl (C=O) groups is 1. The molecule has 0 atom stereocenters. The summed E-state index contributed by atoms with van der Waals surface area (Å²) in [6.45, 7) is 11.0. The van der Waals surface area contributed by atoms with Gasteiger partial charge in [0.05, 0.1) is 4.90 Å². The van der Waals surface area contributed by atoms with E-state index in [4.69, 9.17) is 0 Å². The van der Waals surface area contributed by atoms with E-state index in [1.165, 1.54) is 6.42 Å². The Hall–Kier alpha value is -1.36. The van der Waals surface area contributed by atoms with E-state index < -0.39 is 15.6 Å². The molecule has 1 heterocycles. The van der Waals surface area contributed by atoms with E-state index in [1.54, 1.807) is 4.90 Å². The van der Waals surface area contributed by atoms with Crippen LogP contribution < -0.4 is 0 Å². The van der Waals surface area contributed by atoms with Crippen molar-refractivity contribution in [3.8, 4) is 0 Å². The van der Waals surface area contributed by atoms with Gasteiger partial charge in [0.1, 0.15) is 5.75 Å². The zero-order chi connectivity index (χ0) is 18.8. The normalized spacial score (nSPS) is 16.4. The summed E-state index contributed by atoms with van der Waals surface area (Å²) in [5, 5.41) is 0. The number of benzene rings is 1. The second kappa shape index (κ2) is 7.90. The summed E-state index contributed by atoms with van der Waals surface area (Å²) in [6.07, 6.45) is 5.37. The summed E-state index contributed by atoms with van der Waals surface area (Å²) in [5.41, 5.74) is 4.69. The van der Waals surface area contributed by atoms with Crippen molar-refractivity contribution in [3.63, 3.8) is 0 Å². The molecule has 0 N–H and O–H groups in total. The van der Waals surface area contributed by atoms with Gasteiger partial charge in [-0.1, -0.05) is 19.3 Å². The molecule has 0 bridgehead atoms. The van der Waals surface area contributed by atoms with Gasteiger partial charge in [-0.3, -0.25) is 4.79 Å². The topological polar surface area (TPSA) is 54.5 Å². The second-order valence-electron chi connectivity index (χ2n) is 7.36. The lowest BCUT2D eigenvalue weighted by atomic mass is 9.95. The summed E-state index contributed by atoms with van der Waals surface area (Å²) >= 11 is 0. The van der Waals surface area contributed by atoms with Crippen molar-refractivity contribution in [3.05, 3.63) is 27.8 Å². The average Bonchev–Trinajstić information content (AvgIpc) is 2.50. The van der Waals surface area contributed by atoms with Crippen LogP contribution in [-0.4, -0.2) is 38.1 Å². The maximum atomic E-state index is 13.0. The predicted molar refractivity (Wildman–Crippen MR) is 102 cm³/mol. The Morgan fingerprint density at radius 1 is 0.760 bits per heavy atom. The summed E-state index contributed by atoms with van der Waals surface area (Å²) in [6, 6.07) is 0. The van der Waals surface area contributed by atoms with Gasteiger partial charge >= 0.3 is 0 Å². The summed E-state index contributed by atoms with van der Waals surface area (Å²) in [4.78, 5) is 14.8. The minimum absolute atomic E-state index is 0.253. The summed E-state index contributed by atoms with van der Waals surface area (Å²) in [7, 11) is -3.64. The van der Waals surface area contributed by atoms with Gasteiger partial charge in [-0.25, -0.2) is 8.42 Å². The molecule has 0 spiro atoms. The third-order valence-corrected chi connectivity index (χ3v) is 7.63. The Balaban J connectivity index is 2.32. The summed E-state index contributed by atoms with van der Waals surface area (Å²) < 4.78 is 26.1. The fourth-order valence-electron chi connectivity index (χ4n) is 3.75. The van der Waals surface area contributed by atoms with E-state index in [2.05, 4.69) is 0 Å². The van der Waals surface area contributed by atoms with Gasteiger partial charge in [0, 0.05) is 13.1 Å². The number of carbonyl (C=O) groups excluding carboxylic acids is 1. The molecule has 1 aliphatic rings. The second-order valence-corrected chi connectivity index (χ2v) is 9.29. The van der Waals surface area contributed by atoms with Crippen LogP contribution in [0.4, 0.5) is 0 Å². The molecule has 25 heavy (non-hydrogen) atoms. The fourth-order valence-corrected chi connectivity index (χ4v) is 5.65. The van der Waals surface area contributed by atoms with Crippen molar-refractivity contribution >= 4 is 15.7 Å². The quantitative estimate of drug-likeness (QED) is 0.819. The lowest BCUT2D eigenvalue weighted by Gasteiger charge is -2.25. The van der Waals surface area contributed by atoms with Crippen molar-refractivity contribution < 1.29 is 13.2 Å². The number of nitrogens with zero attached hydrogens (tertiary/aromatic N) is 1. The molecule has 0 aromatic heterocycles. The van der Waals surface area contributed by atoms with Gasteiger partial charge < -0.3 is 4.90 Å². The highest BCUT2D eigenvalue weighted by Crippen LogP contribution is 2.30. The van der Waals surface area contributed by atoms with Gasteiger partial charge in [0.2, 0.25) is 5.91 Å². The molecule has 1 amide bonds. The first kappa shape index (κ1) is 20.0. The van der Waals surface area contributed by atoms with Crippen LogP contribution in [0.5, 0.6) is 0 Å². The minimum atomic E-state index is -3.64. The van der Waals surface area contributed by atoms with Crippen LogP contribution in [0.1, 0.15) is 59.9 Å². The van der Waals surface area contributed by atoms with Crippen molar-refractivity contribution in [2.24, 2.45) is 0 Å². The highest BCUT2D eigenvalue weighted by molar-refractivity contribution is 7.92. The predicted octanol–water partition coefficient (Wildman–Crippen LogP) is 3.80. The first-order valence-electron chi connectivity index (χ1n) is 9.24. The van der Waals surface area contributed by atoms with Crippen molar-refractivity contribution in [1.29, 1.82) is 0 Å². The average molecular weight is 366 g/mol. The Morgan fingerprint density at radius 2 is 1.16 bits per heavy atom. The lowest BCUT2D eigenvalue weighted by Crippen LogP contribution is -2.38. The van der Waals surface area contributed by atoms with Crippen LogP contribution in [0.3, 0.4) is 0 Å². The molecular weight excluding hydrogens is 334 g/mol. The Bertz CT molecular complexity index is 729. The molecule has 1 fully saturated rings. The van der Waals surface area contributed by atoms with Gasteiger partial charge in [-0.2, -0.15) is 0 Å². The standard InChI is InChI=1S/C20H31NO3S/c1-14-15(2)17(4)20(18(5)16(14)3)25(23,24)13-19(22)21-11-9-7-6-8-10-12-21/h6-13H2,1-5H3. The molecule has 1 aromatic carbocycles. The van der Waals surface area contributed by atoms with Gasteiger partial charge in [0.25, 0.3) is 0 Å². The zero-order valence-electron chi connectivity index (χ0n) is 16.2. The molecule has 1 aliphatic heterocycles. The van der Waals surface area contributed by atoms with Crippen LogP contribution >= 0.6 is 0 Å². The highest BCUT2D eigenvalue weighted by atomic mass is 32.2. The number of sulfone groups is 1. The van der Waals surface area contributed by atoms with Crippen molar-refractivity contribution in [2.75, 3.05) is 18.8 Å². The van der Waals surface area contributed by atoms with Crippen LogP contribution in [0, 0.1) is 34.6 Å². The Labute approximate surface area is 152 Å². The Kier molecular flexibility index (Phi) is 6.30. The van der Waals surface area contributed by atoms with E-state index >= 15 is 0 Å². The van der Waals surface area contributed by atoms with Gasteiger partial charge in [-0.15, -0.1) is 0 Å². The van der Waals surface area contributed by atoms with E-state index in [1.807, 2.05) is 34.6 Å². The molecule has 0 saturated carbocycles. The number of rotatable bonds is 3. The molecule has 1 saturated heterocycles. The van der Waals surface area contributed by atoms with Crippen molar-refractivity contribution in [1.82, 2.24) is 4.90 Å². The smallest absolute Gasteiger partial charge is 0.238 e. The summed E-state index contributed by atoms with van der Waals surface area (Å²) in [5.74, 6) is -0.673. The largest absolute Gasteiger partial charge is 0.342 e. The molecule has 140 valence electrons. The maximum Gasteiger partial charge on any atom is 0.238 e. The number of hydrogen-bond donors (Lipinski definition) is 0. The van der Waals surface area contributed by atoms with Crippen LogP contribution in [-0.2, 0) is 14.6 Å². The van der Waals surface area contributed by atoms with Crippen molar-refractivity contribution in [2.45, 2.75) is 71.6 Å². The molecule has 0 aliphatic carbocycles. The molecule has 0 radical (unpaired) electrons. The van der Waals surface area contributed by atoms with Crippen LogP contribution in [0.15, 0.2) is 4.90 Å². The minimum Gasteiger partial charge on any atom is -0.342 e. The number of likely N-dealkylation sites (tertiary alicyclic amines) is 1. The first-order chi connectivity index (χ1) is 11.7. The van der Waals surface area contributed by atoms with E-state index in [0.29, 0.717) is 18.0 Å². The molecule has 5 heteroatoms. The van der Waals surface area contributed by atoms with E-state index in [9.17, 15) is 13.2 Å². The first-order valence-corrected chi connectivity index (χ1v) is 10.9. The van der Waals surface area contributed by atoms with Gasteiger partial charge in [-0.05, 0) is 75.3 Å². The fraction of sp³-hybridized carbons (Fsp3) is 0.650. The van der Waals surface area contributed by atoms with E-state index in [0.717, 1.165) is 53.5 Å². The zero-order valence-corrected chi connectivity index (χ0v) is 17.1. The van der Waals surface area contributed by atoms with Crippen LogP contribution in [0.25, 0.3) is 0 Å². The van der Waals surface area contributed by atoms with Crippen LogP contribution in [0.2, 0.25) is 0 Å². The monoisotopic (exact) mass is 365 g/mol. The number of amides is 1. The molecular formula is C20H31NO3S. The molecule has 2 rings (SSSR count). The van der Waals surface area contributed by atoms with Gasteiger partial charge in [0.15, 0.2) is 9.84 Å². The molecule has 4 nitrogen and oxygen atoms in total. The lowest BCUT2D eigenvalue weighted by molar-refractivity contribution is -0.128. The Morgan fingerprint density at radius 3 is 1.64 bits per heavy atom. The number of hydrogen-bond acceptors (Lipinski definition) is 3. The highest BCUT2D eigenvalue weighted by Gasteiger charge is 2.28.